The van der Waals surface area contributed by atoms with Crippen LogP contribution in [0.4, 0.5) is 0 Å². The number of hydrogen-bond donors (Lipinski definition) is 0. The van der Waals surface area contributed by atoms with Crippen LogP contribution >= 0.6 is 11.3 Å². The van der Waals surface area contributed by atoms with Crippen LogP contribution in [0.2, 0.25) is 0 Å². The zero-order valence-electron chi connectivity index (χ0n) is 12.8. The van der Waals surface area contributed by atoms with E-state index in [0.717, 1.165) is 27.3 Å². The highest BCUT2D eigenvalue weighted by Crippen LogP contribution is 2.20. The van der Waals surface area contributed by atoms with Crippen molar-refractivity contribution in [2.45, 2.75) is 27.2 Å². The molecule has 0 bridgehead atoms. The van der Waals surface area contributed by atoms with Crippen LogP contribution in [-0.2, 0) is 6.42 Å². The maximum atomic E-state index is 12.4. The maximum Gasteiger partial charge on any atom is 0.282 e. The van der Waals surface area contributed by atoms with E-state index in [2.05, 4.69) is 29.1 Å². The van der Waals surface area contributed by atoms with E-state index in [9.17, 15) is 4.79 Å². The first-order valence-corrected chi connectivity index (χ1v) is 8.02. The smallest absolute Gasteiger partial charge is 0.267 e. The lowest BCUT2D eigenvalue weighted by Crippen LogP contribution is -2.16. The third-order valence-electron chi connectivity index (χ3n) is 3.59. The number of fused-ring (bicyclic) bond motifs is 1. The molecular weight excluding hydrogens is 294 g/mol. The molecule has 0 aliphatic carbocycles. The van der Waals surface area contributed by atoms with Crippen LogP contribution in [0.25, 0.3) is 10.2 Å². The Labute approximate surface area is 132 Å². The van der Waals surface area contributed by atoms with E-state index >= 15 is 0 Å². The Bertz CT molecular complexity index is 921. The van der Waals surface area contributed by atoms with E-state index in [-0.39, 0.29) is 5.56 Å². The van der Waals surface area contributed by atoms with E-state index < -0.39 is 0 Å². The van der Waals surface area contributed by atoms with Crippen molar-refractivity contribution in [2.75, 3.05) is 0 Å². The molecule has 1 aromatic carbocycles. The molecular formula is C17H17N3OS. The van der Waals surface area contributed by atoms with Gasteiger partial charge >= 0.3 is 0 Å². The summed E-state index contributed by atoms with van der Waals surface area (Å²) >= 11 is 1.56. The molecule has 0 aliphatic heterocycles. The van der Waals surface area contributed by atoms with Crippen LogP contribution in [-0.4, -0.2) is 15.9 Å². The van der Waals surface area contributed by atoms with Crippen molar-refractivity contribution in [3.63, 3.8) is 0 Å². The number of hydrogen-bond acceptors (Lipinski definition) is 4. The number of rotatable bonds is 3. The number of nitrogens with zero attached hydrogens (tertiary/aromatic N) is 3. The predicted octanol–water partition coefficient (Wildman–Crippen LogP) is 3.52. The first-order chi connectivity index (χ1) is 10.6. The van der Waals surface area contributed by atoms with Gasteiger partial charge in [-0.15, -0.1) is 11.3 Å². The molecule has 5 heteroatoms. The SMILES string of the molecule is CCc1cc2c(=O)n(/N=C\c3cc(C)ccc3C)cnc2s1. The van der Waals surface area contributed by atoms with Crippen LogP contribution in [0.15, 0.2) is 40.5 Å². The van der Waals surface area contributed by atoms with Crippen LogP contribution in [0.1, 0.15) is 28.5 Å². The van der Waals surface area contributed by atoms with Gasteiger partial charge in [-0.25, -0.2) is 4.98 Å². The first kappa shape index (κ1) is 14.7. The quantitative estimate of drug-likeness (QED) is 0.695. The molecule has 2 aromatic heterocycles. The molecule has 0 aliphatic rings. The Hall–Kier alpha value is -2.27. The zero-order chi connectivity index (χ0) is 15.7. The van der Waals surface area contributed by atoms with Crippen molar-refractivity contribution in [1.29, 1.82) is 0 Å². The summed E-state index contributed by atoms with van der Waals surface area (Å²) in [6.07, 6.45) is 4.11. The normalized spacial score (nSPS) is 11.6. The van der Waals surface area contributed by atoms with Gasteiger partial charge < -0.3 is 0 Å². The summed E-state index contributed by atoms with van der Waals surface area (Å²) in [5.74, 6) is 0. The summed E-state index contributed by atoms with van der Waals surface area (Å²) in [6, 6.07) is 8.08. The topological polar surface area (TPSA) is 47.2 Å². The lowest BCUT2D eigenvalue weighted by atomic mass is 10.1. The van der Waals surface area contributed by atoms with E-state index in [1.165, 1.54) is 16.6 Å². The minimum Gasteiger partial charge on any atom is -0.267 e. The number of aromatic nitrogens is 2. The molecule has 0 saturated heterocycles. The average molecular weight is 311 g/mol. The first-order valence-electron chi connectivity index (χ1n) is 7.20. The van der Waals surface area contributed by atoms with Crippen LogP contribution in [0.5, 0.6) is 0 Å². The fourth-order valence-corrected chi connectivity index (χ4v) is 3.17. The Morgan fingerprint density at radius 3 is 2.91 bits per heavy atom. The Balaban J connectivity index is 2.03. The van der Waals surface area contributed by atoms with Gasteiger partial charge in [0.15, 0.2) is 0 Å². The predicted molar refractivity (Wildman–Crippen MR) is 92.2 cm³/mol. The fourth-order valence-electron chi connectivity index (χ4n) is 2.24. The summed E-state index contributed by atoms with van der Waals surface area (Å²) < 4.78 is 1.30. The number of aryl methyl sites for hydroxylation is 3. The second kappa shape index (κ2) is 5.85. The molecule has 3 aromatic rings. The van der Waals surface area contributed by atoms with Gasteiger partial charge in [0.05, 0.1) is 11.6 Å². The van der Waals surface area contributed by atoms with Crippen molar-refractivity contribution < 1.29 is 0 Å². The molecule has 0 unspecified atom stereocenters. The number of benzene rings is 1. The Morgan fingerprint density at radius 2 is 2.14 bits per heavy atom. The van der Waals surface area contributed by atoms with Crippen LogP contribution in [0.3, 0.4) is 0 Å². The van der Waals surface area contributed by atoms with Gasteiger partial charge in [-0.3, -0.25) is 4.79 Å². The Kier molecular flexibility index (Phi) is 3.90. The van der Waals surface area contributed by atoms with Crippen molar-refractivity contribution in [3.05, 3.63) is 62.5 Å². The maximum absolute atomic E-state index is 12.4. The van der Waals surface area contributed by atoms with Gasteiger partial charge in [-0.1, -0.05) is 30.7 Å². The summed E-state index contributed by atoms with van der Waals surface area (Å²) in [5, 5.41) is 4.93. The van der Waals surface area contributed by atoms with E-state index in [1.54, 1.807) is 17.6 Å². The molecule has 22 heavy (non-hydrogen) atoms. The van der Waals surface area contributed by atoms with E-state index in [4.69, 9.17) is 0 Å². The van der Waals surface area contributed by atoms with Crippen molar-refractivity contribution in [3.8, 4) is 0 Å². The highest BCUT2D eigenvalue weighted by molar-refractivity contribution is 7.18. The summed E-state index contributed by atoms with van der Waals surface area (Å²) in [7, 11) is 0. The van der Waals surface area contributed by atoms with Gasteiger partial charge in [0.1, 0.15) is 11.2 Å². The zero-order valence-corrected chi connectivity index (χ0v) is 13.6. The molecule has 0 N–H and O–H groups in total. The third-order valence-corrected chi connectivity index (χ3v) is 4.78. The average Bonchev–Trinajstić information content (AvgIpc) is 2.94. The second-order valence-corrected chi connectivity index (χ2v) is 6.40. The molecule has 0 spiro atoms. The second-order valence-electron chi connectivity index (χ2n) is 5.28. The molecule has 2 heterocycles. The van der Waals surface area contributed by atoms with E-state index in [0.29, 0.717) is 5.39 Å². The lowest BCUT2D eigenvalue weighted by Gasteiger charge is -2.02. The van der Waals surface area contributed by atoms with Crippen LogP contribution < -0.4 is 5.56 Å². The molecule has 0 atom stereocenters. The van der Waals surface area contributed by atoms with Gasteiger partial charge in [0, 0.05) is 4.88 Å². The lowest BCUT2D eigenvalue weighted by molar-refractivity contribution is 0.818. The fraction of sp³-hybridized carbons (Fsp3) is 0.235. The van der Waals surface area contributed by atoms with Gasteiger partial charge in [-0.2, -0.15) is 9.78 Å². The standard InChI is InChI=1S/C17H17N3OS/c1-4-14-8-15-16(22-14)18-10-20(17(15)21)19-9-13-7-11(2)5-6-12(13)3/h5-10H,4H2,1-3H3/b19-9-. The van der Waals surface area contributed by atoms with Crippen molar-refractivity contribution in [1.82, 2.24) is 9.66 Å². The monoisotopic (exact) mass is 311 g/mol. The molecule has 112 valence electrons. The summed E-state index contributed by atoms with van der Waals surface area (Å²) in [6.45, 7) is 6.13. The van der Waals surface area contributed by atoms with Gasteiger partial charge in [0.2, 0.25) is 0 Å². The summed E-state index contributed by atoms with van der Waals surface area (Å²) in [4.78, 5) is 18.7. The summed E-state index contributed by atoms with van der Waals surface area (Å²) in [5.41, 5.74) is 3.17. The Morgan fingerprint density at radius 1 is 1.32 bits per heavy atom. The van der Waals surface area contributed by atoms with Gasteiger partial charge in [-0.05, 0) is 37.5 Å². The minimum atomic E-state index is -0.123. The molecule has 4 nitrogen and oxygen atoms in total. The third kappa shape index (κ3) is 2.72. The molecule has 0 amide bonds. The van der Waals surface area contributed by atoms with Crippen molar-refractivity contribution >= 4 is 27.8 Å². The largest absolute Gasteiger partial charge is 0.282 e. The van der Waals surface area contributed by atoms with Crippen LogP contribution in [0, 0.1) is 13.8 Å². The van der Waals surface area contributed by atoms with Crippen molar-refractivity contribution in [2.24, 2.45) is 5.10 Å². The molecule has 0 saturated carbocycles. The molecule has 3 rings (SSSR count). The molecule has 0 fully saturated rings. The molecule has 0 radical (unpaired) electrons. The highest BCUT2D eigenvalue weighted by atomic mass is 32.1. The van der Waals surface area contributed by atoms with Gasteiger partial charge in [0.25, 0.3) is 5.56 Å². The number of thiophene rings is 1. The minimum absolute atomic E-state index is 0.123. The van der Waals surface area contributed by atoms with E-state index in [1.807, 2.05) is 26.0 Å². The highest BCUT2D eigenvalue weighted by Gasteiger charge is 2.07.